The summed E-state index contributed by atoms with van der Waals surface area (Å²) < 4.78 is 20.7. The monoisotopic (exact) mass is 364 g/mol. The molecular formula is C19H24O7. The molecule has 0 bridgehead atoms. The molecule has 0 saturated carbocycles. The van der Waals surface area contributed by atoms with Gasteiger partial charge in [0.05, 0.1) is 18.6 Å². The van der Waals surface area contributed by atoms with E-state index in [1.165, 1.54) is 12.1 Å². The van der Waals surface area contributed by atoms with Crippen molar-refractivity contribution in [3.8, 4) is 17.2 Å². The topological polar surface area (TPSA) is 95.2 Å². The normalized spacial score (nSPS) is 10.7. The number of aromatic hydroxyl groups is 1. The van der Waals surface area contributed by atoms with Gasteiger partial charge in [-0.3, -0.25) is 0 Å². The molecule has 0 fully saturated rings. The number of carbonyl (C=O) groups is 1. The Labute approximate surface area is 151 Å². The maximum Gasteiger partial charge on any atom is 0.383 e. The van der Waals surface area contributed by atoms with Gasteiger partial charge in [0, 0.05) is 6.07 Å². The lowest BCUT2D eigenvalue weighted by atomic mass is 10.2. The second-order valence-corrected chi connectivity index (χ2v) is 5.73. The predicted molar refractivity (Wildman–Crippen MR) is 95.9 cm³/mol. The summed E-state index contributed by atoms with van der Waals surface area (Å²) in [6.45, 7) is 4.16. The van der Waals surface area contributed by atoms with Crippen LogP contribution >= 0.6 is 0 Å². The van der Waals surface area contributed by atoms with E-state index in [9.17, 15) is 14.7 Å². The Kier molecular flexibility index (Phi) is 7.32. The predicted octanol–water partition coefficient (Wildman–Crippen LogP) is 3.40. The molecule has 0 saturated heterocycles. The van der Waals surface area contributed by atoms with Crippen LogP contribution in [0.3, 0.4) is 0 Å². The number of hydrogen-bond donors (Lipinski definition) is 1. The smallest absolute Gasteiger partial charge is 0.383 e. The molecule has 0 aliphatic carbocycles. The summed E-state index contributed by atoms with van der Waals surface area (Å²) in [5.74, 6) is -0.622. The van der Waals surface area contributed by atoms with Gasteiger partial charge in [0.15, 0.2) is 12.4 Å². The summed E-state index contributed by atoms with van der Waals surface area (Å²) in [5, 5.41) is 10.6. The molecule has 2 aromatic rings. The molecule has 0 radical (unpaired) electrons. The first kappa shape index (κ1) is 19.6. The molecule has 7 nitrogen and oxygen atoms in total. The van der Waals surface area contributed by atoms with E-state index in [1.54, 1.807) is 13.0 Å². The Morgan fingerprint density at radius 3 is 2.69 bits per heavy atom. The van der Waals surface area contributed by atoms with Crippen LogP contribution < -0.4 is 15.1 Å². The van der Waals surface area contributed by atoms with Crippen molar-refractivity contribution in [1.29, 1.82) is 0 Å². The fourth-order valence-electron chi connectivity index (χ4n) is 2.41. The highest BCUT2D eigenvalue weighted by atomic mass is 16.6. The SMILES string of the molecule is CCCCCCOc1c(O)c2ccc(OCC(=O)OCC)cc2oc1=O. The van der Waals surface area contributed by atoms with Gasteiger partial charge in [-0.15, -0.1) is 0 Å². The third-order valence-electron chi connectivity index (χ3n) is 3.72. The summed E-state index contributed by atoms with van der Waals surface area (Å²) >= 11 is 0. The lowest BCUT2D eigenvalue weighted by Crippen LogP contribution is -2.14. The standard InChI is InChI=1S/C19H24O7/c1-3-5-6-7-10-24-18-17(21)14-9-8-13(11-15(14)26-19(18)22)25-12-16(20)23-4-2/h8-9,11,21H,3-7,10,12H2,1-2H3. The van der Waals surface area contributed by atoms with Crippen LogP contribution in [0.4, 0.5) is 0 Å². The lowest BCUT2D eigenvalue weighted by molar-refractivity contribution is -0.145. The maximum absolute atomic E-state index is 12.1. The molecule has 1 N–H and O–H groups in total. The Morgan fingerprint density at radius 1 is 1.15 bits per heavy atom. The number of fused-ring (bicyclic) bond motifs is 1. The van der Waals surface area contributed by atoms with Crippen molar-refractivity contribution in [2.24, 2.45) is 0 Å². The molecule has 0 atom stereocenters. The van der Waals surface area contributed by atoms with E-state index in [2.05, 4.69) is 6.92 Å². The van der Waals surface area contributed by atoms with Gasteiger partial charge in [-0.05, 0) is 25.5 Å². The number of esters is 1. The number of rotatable bonds is 10. The fourth-order valence-corrected chi connectivity index (χ4v) is 2.41. The van der Waals surface area contributed by atoms with Crippen LogP contribution in [-0.2, 0) is 9.53 Å². The molecule has 0 spiro atoms. The summed E-state index contributed by atoms with van der Waals surface area (Å²) in [5.41, 5.74) is -0.611. The van der Waals surface area contributed by atoms with Crippen LogP contribution in [0.15, 0.2) is 27.4 Å². The number of benzene rings is 1. The van der Waals surface area contributed by atoms with Crippen molar-refractivity contribution in [1.82, 2.24) is 0 Å². The van der Waals surface area contributed by atoms with Crippen molar-refractivity contribution in [3.63, 3.8) is 0 Å². The van der Waals surface area contributed by atoms with Gasteiger partial charge in [0.25, 0.3) is 0 Å². The molecule has 2 rings (SSSR count). The van der Waals surface area contributed by atoms with Crippen LogP contribution in [0.25, 0.3) is 11.0 Å². The average molecular weight is 364 g/mol. The third-order valence-corrected chi connectivity index (χ3v) is 3.72. The van der Waals surface area contributed by atoms with Crippen LogP contribution in [0.1, 0.15) is 39.5 Å². The number of carbonyl (C=O) groups excluding carboxylic acids is 1. The minimum absolute atomic E-state index is 0.146. The van der Waals surface area contributed by atoms with E-state index >= 15 is 0 Å². The summed E-state index contributed by atoms with van der Waals surface area (Å²) in [7, 11) is 0. The number of unbranched alkanes of at least 4 members (excludes halogenated alkanes) is 3. The zero-order valence-electron chi connectivity index (χ0n) is 15.1. The largest absolute Gasteiger partial charge is 0.504 e. The molecule has 1 heterocycles. The van der Waals surface area contributed by atoms with E-state index in [0.29, 0.717) is 17.7 Å². The highest BCUT2D eigenvalue weighted by molar-refractivity contribution is 5.86. The second kappa shape index (κ2) is 9.70. The zero-order valence-corrected chi connectivity index (χ0v) is 15.1. The first-order valence-electron chi connectivity index (χ1n) is 8.77. The number of hydrogen-bond acceptors (Lipinski definition) is 7. The highest BCUT2D eigenvalue weighted by Crippen LogP contribution is 2.33. The van der Waals surface area contributed by atoms with Gasteiger partial charge >= 0.3 is 11.6 Å². The van der Waals surface area contributed by atoms with Gasteiger partial charge in [-0.1, -0.05) is 26.2 Å². The Morgan fingerprint density at radius 2 is 1.96 bits per heavy atom. The molecule has 0 unspecified atom stereocenters. The van der Waals surface area contributed by atoms with Crippen molar-refractivity contribution in [2.45, 2.75) is 39.5 Å². The molecular weight excluding hydrogens is 340 g/mol. The minimum Gasteiger partial charge on any atom is -0.504 e. The Hall–Kier alpha value is -2.70. The second-order valence-electron chi connectivity index (χ2n) is 5.73. The molecule has 0 aliphatic heterocycles. The molecule has 1 aromatic carbocycles. The third kappa shape index (κ3) is 5.15. The zero-order chi connectivity index (χ0) is 18.9. The van der Waals surface area contributed by atoms with Crippen LogP contribution in [-0.4, -0.2) is 30.9 Å². The molecule has 0 aliphatic rings. The van der Waals surface area contributed by atoms with E-state index in [-0.39, 0.29) is 30.3 Å². The maximum atomic E-state index is 12.1. The first-order chi connectivity index (χ1) is 12.6. The summed E-state index contributed by atoms with van der Waals surface area (Å²) in [6, 6.07) is 4.53. The van der Waals surface area contributed by atoms with Gasteiger partial charge in [-0.2, -0.15) is 0 Å². The van der Waals surface area contributed by atoms with Crippen molar-refractivity contribution >= 4 is 16.9 Å². The van der Waals surface area contributed by atoms with E-state index in [4.69, 9.17) is 18.6 Å². The van der Waals surface area contributed by atoms with Crippen LogP contribution in [0, 0.1) is 0 Å². The molecule has 26 heavy (non-hydrogen) atoms. The van der Waals surface area contributed by atoms with Crippen molar-refractivity contribution in [2.75, 3.05) is 19.8 Å². The molecule has 1 aromatic heterocycles. The fraction of sp³-hybridized carbons (Fsp3) is 0.474. The van der Waals surface area contributed by atoms with Crippen molar-refractivity contribution in [3.05, 3.63) is 28.6 Å². The average Bonchev–Trinajstić information content (AvgIpc) is 2.62. The van der Waals surface area contributed by atoms with Crippen LogP contribution in [0.2, 0.25) is 0 Å². The van der Waals surface area contributed by atoms with Gasteiger partial charge in [0.1, 0.15) is 11.3 Å². The molecule has 0 amide bonds. The van der Waals surface area contributed by atoms with Crippen molar-refractivity contribution < 1.29 is 28.5 Å². The van der Waals surface area contributed by atoms with E-state index < -0.39 is 11.6 Å². The van der Waals surface area contributed by atoms with Crippen LogP contribution in [0.5, 0.6) is 17.2 Å². The Bertz CT molecular complexity index is 794. The molecule has 7 heteroatoms. The van der Waals surface area contributed by atoms with Gasteiger partial charge < -0.3 is 23.7 Å². The van der Waals surface area contributed by atoms with E-state index in [1.807, 2.05) is 0 Å². The quantitative estimate of drug-likeness (QED) is 0.392. The summed E-state index contributed by atoms with van der Waals surface area (Å²) in [4.78, 5) is 23.4. The van der Waals surface area contributed by atoms with Gasteiger partial charge in [0.2, 0.25) is 5.75 Å². The van der Waals surface area contributed by atoms with Gasteiger partial charge in [-0.25, -0.2) is 9.59 Å². The Balaban J connectivity index is 2.12. The highest BCUT2D eigenvalue weighted by Gasteiger charge is 2.16. The summed E-state index contributed by atoms with van der Waals surface area (Å²) in [6.07, 6.45) is 3.99. The minimum atomic E-state index is -0.756. The molecule has 142 valence electrons. The first-order valence-corrected chi connectivity index (χ1v) is 8.77. The number of ether oxygens (including phenoxy) is 3. The van der Waals surface area contributed by atoms with E-state index in [0.717, 1.165) is 25.7 Å². The lowest BCUT2D eigenvalue weighted by Gasteiger charge is -2.10.